The number of aliphatic carboxylic acids is 1. The highest BCUT2D eigenvalue weighted by Gasteiger charge is 2.38. The van der Waals surface area contributed by atoms with Crippen molar-refractivity contribution < 1.29 is 41.4 Å². The number of hydrogen-bond donors (Lipinski definition) is 3. The molecule has 2 aromatic carbocycles. The molecule has 0 saturated carbocycles. The third kappa shape index (κ3) is 10.3. The van der Waals surface area contributed by atoms with E-state index in [0.29, 0.717) is 17.5 Å². The summed E-state index contributed by atoms with van der Waals surface area (Å²) in [6, 6.07) is 11.3. The molecule has 0 aliphatic heterocycles. The summed E-state index contributed by atoms with van der Waals surface area (Å²) in [6.07, 6.45) is -4.27. The van der Waals surface area contributed by atoms with Gasteiger partial charge in [0.05, 0.1) is 21.8 Å². The van der Waals surface area contributed by atoms with Gasteiger partial charge >= 0.3 is 18.1 Å². The molecular formula is C25H33F3N2O6S. The number of halogens is 3. The van der Waals surface area contributed by atoms with Gasteiger partial charge in [0.15, 0.2) is 0 Å². The van der Waals surface area contributed by atoms with Crippen molar-refractivity contribution in [1.29, 1.82) is 0 Å². The number of carbonyl (C=O) groups is 2. The van der Waals surface area contributed by atoms with E-state index in [2.05, 4.69) is 37.3 Å². The monoisotopic (exact) mass is 546 g/mol. The van der Waals surface area contributed by atoms with E-state index < -0.39 is 28.1 Å². The molecular weight excluding hydrogens is 513 g/mol. The third-order valence-corrected chi connectivity index (χ3v) is 6.27. The molecule has 8 nitrogen and oxygen atoms in total. The van der Waals surface area contributed by atoms with E-state index in [1.54, 1.807) is 30.3 Å². The highest BCUT2D eigenvalue weighted by atomic mass is 32.2. The van der Waals surface area contributed by atoms with Gasteiger partial charge in [0.2, 0.25) is 0 Å². The number of carboxylic acids is 2. The van der Waals surface area contributed by atoms with E-state index in [4.69, 9.17) is 9.90 Å². The summed E-state index contributed by atoms with van der Waals surface area (Å²) < 4.78 is 60.4. The Bertz CT molecular complexity index is 1150. The van der Waals surface area contributed by atoms with Crippen LogP contribution < -0.4 is 9.62 Å². The Morgan fingerprint density at radius 1 is 0.946 bits per heavy atom. The average molecular weight is 547 g/mol. The van der Waals surface area contributed by atoms with Gasteiger partial charge in [-0.25, -0.2) is 18.0 Å². The van der Waals surface area contributed by atoms with Crippen LogP contribution in [-0.4, -0.2) is 49.8 Å². The molecule has 0 spiro atoms. The predicted octanol–water partition coefficient (Wildman–Crippen LogP) is 5.50. The van der Waals surface area contributed by atoms with E-state index in [1.807, 2.05) is 6.92 Å². The number of rotatable bonds is 10. The molecule has 0 unspecified atom stereocenters. The highest BCUT2D eigenvalue weighted by molar-refractivity contribution is 7.92. The Kier molecular flexibility index (Phi) is 11.4. The zero-order valence-corrected chi connectivity index (χ0v) is 22.2. The molecule has 12 heteroatoms. The van der Waals surface area contributed by atoms with E-state index in [1.165, 1.54) is 12.1 Å². The van der Waals surface area contributed by atoms with Crippen LogP contribution >= 0.6 is 0 Å². The van der Waals surface area contributed by atoms with Crippen molar-refractivity contribution in [2.24, 2.45) is 11.8 Å². The maximum Gasteiger partial charge on any atom is 0.490 e. The van der Waals surface area contributed by atoms with Crippen molar-refractivity contribution in [3.8, 4) is 0 Å². The van der Waals surface area contributed by atoms with E-state index in [9.17, 15) is 31.5 Å². The number of benzene rings is 2. The molecule has 0 atom stereocenters. The summed E-state index contributed by atoms with van der Waals surface area (Å²) >= 11 is 0. The minimum Gasteiger partial charge on any atom is -0.478 e. The molecule has 37 heavy (non-hydrogen) atoms. The first kappa shape index (κ1) is 31.7. The van der Waals surface area contributed by atoms with Crippen LogP contribution in [0.3, 0.4) is 0 Å². The second kappa shape index (κ2) is 13.3. The van der Waals surface area contributed by atoms with Gasteiger partial charge in [-0.05, 0) is 54.2 Å². The standard InChI is InChI=1S/C23H32N2O4S.C2HF3O2/c1-6-18-7-10-20(11-8-18)30(28,29)24-21-13-19(23(26)27)9-12-22(21)25(14-16(2)3)15-17(4)5;3-2(4,5)1(6)7/h7-13,16-17,24H,6,14-15H2,1-5H3,(H,26,27);(H,6,7). The summed E-state index contributed by atoms with van der Waals surface area (Å²) in [7, 11) is -3.86. The molecule has 0 saturated heterocycles. The summed E-state index contributed by atoms with van der Waals surface area (Å²) in [5.41, 5.74) is 2.03. The van der Waals surface area contributed by atoms with Crippen LogP contribution in [0.2, 0.25) is 0 Å². The molecule has 0 fully saturated rings. The first-order valence-electron chi connectivity index (χ1n) is 11.5. The number of nitrogens with zero attached hydrogens (tertiary/aromatic N) is 1. The van der Waals surface area contributed by atoms with Crippen molar-refractivity contribution in [2.75, 3.05) is 22.7 Å². The Morgan fingerprint density at radius 2 is 1.43 bits per heavy atom. The van der Waals surface area contributed by atoms with Gasteiger partial charge < -0.3 is 15.1 Å². The number of nitrogens with one attached hydrogen (secondary N) is 1. The van der Waals surface area contributed by atoms with Gasteiger partial charge in [0.1, 0.15) is 0 Å². The minimum absolute atomic E-state index is 0.0341. The van der Waals surface area contributed by atoms with Gasteiger partial charge in [0.25, 0.3) is 10.0 Å². The summed E-state index contributed by atoms with van der Waals surface area (Å²) in [5, 5.41) is 16.5. The normalized spacial score (nSPS) is 11.6. The quantitative estimate of drug-likeness (QED) is 0.359. The van der Waals surface area contributed by atoms with Crippen LogP contribution in [-0.2, 0) is 21.2 Å². The Labute approximate surface area is 215 Å². The molecule has 0 heterocycles. The Hall–Kier alpha value is -3.28. The first-order valence-corrected chi connectivity index (χ1v) is 13.0. The maximum absolute atomic E-state index is 13.0. The SMILES string of the molecule is CCc1ccc(S(=O)(=O)Nc2cc(C(=O)O)ccc2N(CC(C)C)CC(C)C)cc1.O=C(O)C(F)(F)F. The van der Waals surface area contributed by atoms with Gasteiger partial charge in [-0.2, -0.15) is 13.2 Å². The van der Waals surface area contributed by atoms with Crippen molar-refractivity contribution in [3.05, 3.63) is 53.6 Å². The Balaban J connectivity index is 0.000000856. The van der Waals surface area contributed by atoms with Gasteiger partial charge in [-0.1, -0.05) is 46.8 Å². The molecule has 0 aliphatic carbocycles. The fourth-order valence-electron chi connectivity index (χ4n) is 3.29. The summed E-state index contributed by atoms with van der Waals surface area (Å²) in [4.78, 5) is 22.7. The number of aromatic carboxylic acids is 1. The van der Waals surface area contributed by atoms with Crippen LogP contribution in [0.5, 0.6) is 0 Å². The van der Waals surface area contributed by atoms with Gasteiger partial charge in [-0.15, -0.1) is 0 Å². The molecule has 2 rings (SSSR count). The van der Waals surface area contributed by atoms with Gasteiger partial charge in [0, 0.05) is 13.1 Å². The number of aryl methyl sites for hydroxylation is 1. The smallest absolute Gasteiger partial charge is 0.478 e. The molecule has 0 radical (unpaired) electrons. The third-order valence-electron chi connectivity index (χ3n) is 4.88. The van der Waals surface area contributed by atoms with Crippen molar-refractivity contribution in [1.82, 2.24) is 0 Å². The lowest BCUT2D eigenvalue weighted by molar-refractivity contribution is -0.192. The highest BCUT2D eigenvalue weighted by Crippen LogP contribution is 2.31. The predicted molar refractivity (Wildman–Crippen MR) is 136 cm³/mol. The zero-order chi connectivity index (χ0) is 28.6. The summed E-state index contributed by atoms with van der Waals surface area (Å²) in [6.45, 7) is 11.8. The largest absolute Gasteiger partial charge is 0.490 e. The molecule has 2 aromatic rings. The van der Waals surface area contributed by atoms with Crippen molar-refractivity contribution in [3.63, 3.8) is 0 Å². The lowest BCUT2D eigenvalue weighted by atomic mass is 10.1. The minimum atomic E-state index is -5.08. The lowest BCUT2D eigenvalue weighted by Gasteiger charge is -2.30. The second-order valence-electron chi connectivity index (χ2n) is 9.14. The number of carboxylic acid groups (broad SMARTS) is 2. The number of sulfonamides is 1. The topological polar surface area (TPSA) is 124 Å². The fraction of sp³-hybridized carbons (Fsp3) is 0.440. The van der Waals surface area contributed by atoms with E-state index in [0.717, 1.165) is 25.1 Å². The molecule has 0 aliphatic rings. The molecule has 0 amide bonds. The van der Waals surface area contributed by atoms with E-state index >= 15 is 0 Å². The number of anilines is 2. The van der Waals surface area contributed by atoms with Crippen LogP contribution in [0, 0.1) is 11.8 Å². The average Bonchev–Trinajstić information content (AvgIpc) is 2.77. The second-order valence-corrected chi connectivity index (χ2v) is 10.8. The molecule has 3 N–H and O–H groups in total. The van der Waals surface area contributed by atoms with Crippen LogP contribution in [0.15, 0.2) is 47.4 Å². The van der Waals surface area contributed by atoms with Crippen LogP contribution in [0.4, 0.5) is 24.5 Å². The summed E-state index contributed by atoms with van der Waals surface area (Å²) in [5.74, 6) is -3.15. The van der Waals surface area contributed by atoms with E-state index in [-0.39, 0.29) is 16.1 Å². The molecule has 206 valence electrons. The fourth-order valence-corrected chi connectivity index (χ4v) is 4.35. The molecule has 0 aromatic heterocycles. The first-order chi connectivity index (χ1) is 17.0. The van der Waals surface area contributed by atoms with Crippen LogP contribution in [0.1, 0.15) is 50.5 Å². The van der Waals surface area contributed by atoms with Crippen molar-refractivity contribution in [2.45, 2.75) is 52.1 Å². The van der Waals surface area contributed by atoms with Crippen LogP contribution in [0.25, 0.3) is 0 Å². The zero-order valence-electron chi connectivity index (χ0n) is 21.3. The van der Waals surface area contributed by atoms with Crippen molar-refractivity contribution >= 4 is 33.3 Å². The number of alkyl halides is 3. The maximum atomic E-state index is 13.0. The Morgan fingerprint density at radius 3 is 1.81 bits per heavy atom. The lowest BCUT2D eigenvalue weighted by Crippen LogP contribution is -2.32. The number of hydrogen-bond acceptors (Lipinski definition) is 5. The van der Waals surface area contributed by atoms with Gasteiger partial charge in [-0.3, -0.25) is 4.72 Å². The molecule has 0 bridgehead atoms.